The minimum absolute atomic E-state index is 0.0350. The zero-order valence-electron chi connectivity index (χ0n) is 12.8. The topological polar surface area (TPSA) is 67.3 Å². The van der Waals surface area contributed by atoms with Gasteiger partial charge in [-0.2, -0.15) is 0 Å². The zero-order chi connectivity index (χ0) is 15.1. The molecule has 0 saturated carbocycles. The number of ether oxygens (including phenoxy) is 1. The zero-order valence-corrected chi connectivity index (χ0v) is 12.8. The Hall–Kier alpha value is -1.69. The number of methoxy groups -OCH3 is 1. The molecule has 0 unspecified atom stereocenters. The molecular weight excluding hydrogens is 268 g/mol. The molecule has 2 heterocycles. The third-order valence-electron chi connectivity index (χ3n) is 3.78. The van der Waals surface area contributed by atoms with Gasteiger partial charge in [0.2, 0.25) is 5.95 Å². The Kier molecular flexibility index (Phi) is 5.92. The molecule has 1 aromatic rings. The summed E-state index contributed by atoms with van der Waals surface area (Å²) in [5.74, 6) is 1.30. The van der Waals surface area contributed by atoms with E-state index in [9.17, 15) is 4.79 Å². The van der Waals surface area contributed by atoms with Crippen LogP contribution in [0.2, 0.25) is 0 Å². The van der Waals surface area contributed by atoms with E-state index in [-0.39, 0.29) is 5.91 Å². The number of nitrogens with one attached hydrogen (secondary N) is 1. The van der Waals surface area contributed by atoms with E-state index >= 15 is 0 Å². The van der Waals surface area contributed by atoms with E-state index in [0.717, 1.165) is 38.9 Å². The first kappa shape index (κ1) is 15.7. The lowest BCUT2D eigenvalue weighted by atomic mass is 9.99. The van der Waals surface area contributed by atoms with Crippen molar-refractivity contribution in [2.45, 2.75) is 26.2 Å². The van der Waals surface area contributed by atoms with E-state index in [1.807, 2.05) is 4.90 Å². The highest BCUT2D eigenvalue weighted by Crippen LogP contribution is 2.17. The number of likely N-dealkylation sites (tertiary alicyclic amines) is 1. The van der Waals surface area contributed by atoms with Gasteiger partial charge in [-0.3, -0.25) is 4.79 Å². The summed E-state index contributed by atoms with van der Waals surface area (Å²) in [7, 11) is 1.68. The van der Waals surface area contributed by atoms with Crippen molar-refractivity contribution in [1.29, 1.82) is 0 Å². The van der Waals surface area contributed by atoms with E-state index in [2.05, 4.69) is 22.2 Å². The van der Waals surface area contributed by atoms with Crippen molar-refractivity contribution < 1.29 is 9.53 Å². The molecule has 1 N–H and O–H groups in total. The van der Waals surface area contributed by atoms with Crippen LogP contribution in [0.4, 0.5) is 5.95 Å². The predicted octanol–water partition coefficient (Wildman–Crippen LogP) is 1.80. The lowest BCUT2D eigenvalue weighted by Gasteiger charge is -2.30. The Morgan fingerprint density at radius 3 is 2.67 bits per heavy atom. The molecule has 0 aliphatic carbocycles. The number of anilines is 1. The summed E-state index contributed by atoms with van der Waals surface area (Å²) in [4.78, 5) is 22.6. The number of piperidine rings is 1. The molecule has 1 fully saturated rings. The smallest absolute Gasteiger partial charge is 0.256 e. The van der Waals surface area contributed by atoms with Crippen LogP contribution in [0.5, 0.6) is 0 Å². The van der Waals surface area contributed by atoms with Gasteiger partial charge in [0, 0.05) is 45.7 Å². The highest BCUT2D eigenvalue weighted by atomic mass is 16.5. The number of aromatic nitrogens is 2. The van der Waals surface area contributed by atoms with Gasteiger partial charge in [-0.15, -0.1) is 0 Å². The van der Waals surface area contributed by atoms with E-state index in [4.69, 9.17) is 4.74 Å². The molecule has 0 bridgehead atoms. The monoisotopic (exact) mass is 292 g/mol. The molecule has 1 aliphatic heterocycles. The standard InChI is InChI=1S/C15H24N4O2/c1-12-4-7-19(8-5-12)14(20)13-10-17-15(18-11-13)16-6-3-9-21-2/h10-12H,3-9H2,1-2H3,(H,16,17,18). The fraction of sp³-hybridized carbons (Fsp3) is 0.667. The van der Waals surface area contributed by atoms with Crippen LogP contribution in [-0.4, -0.2) is 54.1 Å². The molecule has 0 atom stereocenters. The summed E-state index contributed by atoms with van der Waals surface area (Å²) < 4.78 is 4.97. The number of carbonyl (C=O) groups is 1. The Labute approximate surface area is 125 Å². The lowest BCUT2D eigenvalue weighted by Crippen LogP contribution is -2.38. The van der Waals surface area contributed by atoms with Gasteiger partial charge in [0.1, 0.15) is 0 Å². The van der Waals surface area contributed by atoms with Gasteiger partial charge < -0.3 is 15.0 Å². The molecule has 21 heavy (non-hydrogen) atoms. The Morgan fingerprint density at radius 1 is 1.38 bits per heavy atom. The van der Waals surface area contributed by atoms with Crippen LogP contribution in [-0.2, 0) is 4.74 Å². The second kappa shape index (κ2) is 7.93. The number of carbonyl (C=O) groups excluding carboxylic acids is 1. The fourth-order valence-corrected chi connectivity index (χ4v) is 2.34. The van der Waals surface area contributed by atoms with Crippen LogP contribution in [0, 0.1) is 5.92 Å². The van der Waals surface area contributed by atoms with E-state index in [1.54, 1.807) is 19.5 Å². The van der Waals surface area contributed by atoms with Gasteiger partial charge in [-0.05, 0) is 25.2 Å². The molecule has 0 spiro atoms. The van der Waals surface area contributed by atoms with Crippen LogP contribution >= 0.6 is 0 Å². The van der Waals surface area contributed by atoms with Crippen LogP contribution in [0.3, 0.4) is 0 Å². The molecule has 1 saturated heterocycles. The summed E-state index contributed by atoms with van der Waals surface area (Å²) in [5.41, 5.74) is 0.562. The second-order valence-electron chi connectivity index (χ2n) is 5.54. The van der Waals surface area contributed by atoms with Crippen molar-refractivity contribution in [3.63, 3.8) is 0 Å². The Morgan fingerprint density at radius 2 is 2.05 bits per heavy atom. The van der Waals surface area contributed by atoms with Gasteiger partial charge in [0.25, 0.3) is 5.91 Å². The van der Waals surface area contributed by atoms with Crippen molar-refractivity contribution in [2.24, 2.45) is 5.92 Å². The molecule has 0 aromatic carbocycles. The maximum absolute atomic E-state index is 12.3. The van der Waals surface area contributed by atoms with Crippen LogP contribution in [0.1, 0.15) is 36.5 Å². The van der Waals surface area contributed by atoms with E-state index in [1.165, 1.54) is 0 Å². The fourth-order valence-electron chi connectivity index (χ4n) is 2.34. The first-order valence-electron chi connectivity index (χ1n) is 7.55. The highest BCUT2D eigenvalue weighted by Gasteiger charge is 2.21. The average Bonchev–Trinajstić information content (AvgIpc) is 2.52. The third-order valence-corrected chi connectivity index (χ3v) is 3.78. The summed E-state index contributed by atoms with van der Waals surface area (Å²) >= 11 is 0. The molecular formula is C15H24N4O2. The second-order valence-corrected chi connectivity index (χ2v) is 5.54. The van der Waals surface area contributed by atoms with Crippen molar-refractivity contribution >= 4 is 11.9 Å². The maximum Gasteiger partial charge on any atom is 0.256 e. The van der Waals surface area contributed by atoms with Crippen molar-refractivity contribution in [3.8, 4) is 0 Å². The summed E-state index contributed by atoms with van der Waals surface area (Å²) in [6.07, 6.45) is 6.25. The largest absolute Gasteiger partial charge is 0.385 e. The maximum atomic E-state index is 12.3. The SMILES string of the molecule is COCCCNc1ncc(C(=O)N2CCC(C)CC2)cn1. The first-order chi connectivity index (χ1) is 10.2. The number of hydrogen-bond acceptors (Lipinski definition) is 5. The molecule has 1 aromatic heterocycles. The minimum Gasteiger partial charge on any atom is -0.385 e. The lowest BCUT2D eigenvalue weighted by molar-refractivity contribution is 0.0696. The van der Waals surface area contributed by atoms with Crippen LogP contribution in [0.15, 0.2) is 12.4 Å². The predicted molar refractivity (Wildman–Crippen MR) is 81.3 cm³/mol. The van der Waals surface area contributed by atoms with Gasteiger partial charge in [-0.1, -0.05) is 6.92 Å². The van der Waals surface area contributed by atoms with E-state index in [0.29, 0.717) is 24.0 Å². The normalized spacial score (nSPS) is 16.0. The molecule has 0 radical (unpaired) electrons. The summed E-state index contributed by atoms with van der Waals surface area (Å²) in [6, 6.07) is 0. The molecule has 116 valence electrons. The molecule has 6 heteroatoms. The van der Waals surface area contributed by atoms with Gasteiger partial charge in [-0.25, -0.2) is 9.97 Å². The molecule has 1 amide bonds. The van der Waals surface area contributed by atoms with E-state index < -0.39 is 0 Å². The summed E-state index contributed by atoms with van der Waals surface area (Å²) in [5, 5.41) is 3.10. The van der Waals surface area contributed by atoms with Crippen molar-refractivity contribution in [3.05, 3.63) is 18.0 Å². The Balaban J connectivity index is 1.85. The van der Waals surface area contributed by atoms with Gasteiger partial charge in [0.05, 0.1) is 5.56 Å². The number of amides is 1. The molecule has 2 rings (SSSR count). The Bertz CT molecular complexity index is 441. The van der Waals surface area contributed by atoms with Crippen molar-refractivity contribution in [2.75, 3.05) is 38.7 Å². The highest BCUT2D eigenvalue weighted by molar-refractivity contribution is 5.93. The molecule has 1 aliphatic rings. The molecule has 6 nitrogen and oxygen atoms in total. The average molecular weight is 292 g/mol. The number of rotatable bonds is 6. The van der Waals surface area contributed by atoms with Crippen molar-refractivity contribution in [1.82, 2.24) is 14.9 Å². The third kappa shape index (κ3) is 4.67. The van der Waals surface area contributed by atoms with Gasteiger partial charge in [0.15, 0.2) is 0 Å². The number of nitrogens with zero attached hydrogens (tertiary/aromatic N) is 3. The first-order valence-corrected chi connectivity index (χ1v) is 7.55. The quantitative estimate of drug-likeness (QED) is 0.810. The summed E-state index contributed by atoms with van der Waals surface area (Å²) in [6.45, 7) is 5.35. The van der Waals surface area contributed by atoms with Crippen LogP contribution < -0.4 is 5.32 Å². The number of hydrogen-bond donors (Lipinski definition) is 1. The minimum atomic E-state index is 0.0350. The van der Waals surface area contributed by atoms with Crippen LogP contribution in [0.25, 0.3) is 0 Å². The van der Waals surface area contributed by atoms with Gasteiger partial charge >= 0.3 is 0 Å².